The van der Waals surface area contributed by atoms with Crippen LogP contribution in [0.5, 0.6) is 5.75 Å². The van der Waals surface area contributed by atoms with Crippen LogP contribution in [0.2, 0.25) is 0 Å². The highest BCUT2D eigenvalue weighted by Crippen LogP contribution is 2.47. The lowest BCUT2D eigenvalue weighted by Gasteiger charge is -2.39. The van der Waals surface area contributed by atoms with Crippen molar-refractivity contribution in [1.82, 2.24) is 10.3 Å². The number of fused-ring (bicyclic) bond motifs is 1. The third kappa shape index (κ3) is 4.01. The Hall–Kier alpha value is -3.45. The second-order valence-electron chi connectivity index (χ2n) is 9.65. The van der Waals surface area contributed by atoms with Gasteiger partial charge in [-0.05, 0) is 48.6 Å². The van der Waals surface area contributed by atoms with E-state index in [2.05, 4.69) is 29.5 Å². The first-order valence-electron chi connectivity index (χ1n) is 11.3. The quantitative estimate of drug-likeness (QED) is 0.519. The highest BCUT2D eigenvalue weighted by Gasteiger charge is 2.42. The molecule has 1 unspecified atom stereocenters. The number of methoxy groups -OCH3 is 1. The van der Waals surface area contributed by atoms with Gasteiger partial charge in [0.25, 0.3) is 5.91 Å². The minimum absolute atomic E-state index is 0.0735. The van der Waals surface area contributed by atoms with Crippen LogP contribution in [-0.2, 0) is 9.59 Å². The van der Waals surface area contributed by atoms with E-state index in [1.165, 1.54) is 11.3 Å². The number of Topliss-reactive ketones (excluding diaryl/α,β-unsaturated/α-hetero) is 1. The maximum atomic E-state index is 13.7. The smallest absolute Gasteiger partial charge is 0.256 e. The van der Waals surface area contributed by atoms with Crippen molar-refractivity contribution in [1.29, 1.82) is 0 Å². The highest BCUT2D eigenvalue weighted by molar-refractivity contribution is 7.22. The number of aromatic nitrogens is 1. The lowest BCUT2D eigenvalue weighted by Crippen LogP contribution is -2.39. The van der Waals surface area contributed by atoms with Gasteiger partial charge in [-0.15, -0.1) is 0 Å². The van der Waals surface area contributed by atoms with Crippen LogP contribution in [0.15, 0.2) is 71.1 Å². The minimum atomic E-state index is -0.482. The topological polar surface area (TPSA) is 80.3 Å². The number of carbonyl (C=O) groups excluding carboxylic acids is 2. The third-order valence-corrected chi connectivity index (χ3v) is 7.38. The SMILES string of the molecule is COc1cccc(C2C(C(=O)Nc3nc4ccccc4s3)=C(C)NC3=C2C(=O)CC(C)(C)C3)c1. The lowest BCUT2D eigenvalue weighted by molar-refractivity contribution is -0.118. The Morgan fingerprint density at radius 1 is 1.18 bits per heavy atom. The fraction of sp³-hybridized carbons (Fsp3) is 0.296. The first kappa shape index (κ1) is 22.3. The van der Waals surface area contributed by atoms with Gasteiger partial charge < -0.3 is 10.1 Å². The zero-order valence-corrected chi connectivity index (χ0v) is 20.5. The van der Waals surface area contributed by atoms with E-state index >= 15 is 0 Å². The van der Waals surface area contributed by atoms with Crippen molar-refractivity contribution in [2.75, 3.05) is 12.4 Å². The van der Waals surface area contributed by atoms with Crippen LogP contribution in [0.25, 0.3) is 10.2 Å². The number of rotatable bonds is 4. The molecule has 2 N–H and O–H groups in total. The highest BCUT2D eigenvalue weighted by atomic mass is 32.1. The Morgan fingerprint density at radius 3 is 2.74 bits per heavy atom. The summed E-state index contributed by atoms with van der Waals surface area (Å²) in [5.74, 6) is 0.0140. The molecule has 1 aliphatic heterocycles. The van der Waals surface area contributed by atoms with Crippen LogP contribution in [-0.4, -0.2) is 23.8 Å². The van der Waals surface area contributed by atoms with Gasteiger partial charge in [0.05, 0.1) is 17.3 Å². The summed E-state index contributed by atoms with van der Waals surface area (Å²) in [4.78, 5) is 31.7. The summed E-state index contributed by atoms with van der Waals surface area (Å²) >= 11 is 1.43. The van der Waals surface area contributed by atoms with Crippen LogP contribution in [0.1, 0.15) is 45.1 Å². The van der Waals surface area contributed by atoms with Gasteiger partial charge >= 0.3 is 0 Å². The Balaban J connectivity index is 1.59. The monoisotopic (exact) mass is 473 g/mol. The van der Waals surface area contributed by atoms with Crippen molar-refractivity contribution < 1.29 is 14.3 Å². The zero-order valence-electron chi connectivity index (χ0n) is 19.7. The molecular formula is C27H27N3O3S. The molecule has 174 valence electrons. The summed E-state index contributed by atoms with van der Waals surface area (Å²) in [5.41, 5.74) is 4.42. The van der Waals surface area contributed by atoms with E-state index in [1.807, 2.05) is 55.5 Å². The van der Waals surface area contributed by atoms with Crippen molar-refractivity contribution in [2.24, 2.45) is 5.41 Å². The van der Waals surface area contributed by atoms with Crippen molar-refractivity contribution >= 4 is 38.4 Å². The standard InChI is InChI=1S/C27H27N3O3S/c1-15-22(25(32)30-26-29-18-10-5-6-11-21(18)34-26)23(16-8-7-9-17(12-16)33-4)24-19(28-15)13-27(2,3)14-20(24)31/h5-12,23,28H,13-14H2,1-4H3,(H,29,30,32). The fourth-order valence-corrected chi connectivity index (χ4v) is 5.84. The van der Waals surface area contributed by atoms with Gasteiger partial charge in [0.15, 0.2) is 10.9 Å². The number of anilines is 1. The van der Waals surface area contributed by atoms with E-state index in [4.69, 9.17) is 4.74 Å². The molecule has 1 aliphatic carbocycles. The second kappa shape index (κ2) is 8.40. The summed E-state index contributed by atoms with van der Waals surface area (Å²) in [7, 11) is 1.61. The molecule has 0 saturated heterocycles. The molecule has 0 spiro atoms. The van der Waals surface area contributed by atoms with E-state index in [-0.39, 0.29) is 17.1 Å². The molecule has 0 bridgehead atoms. The summed E-state index contributed by atoms with van der Waals surface area (Å²) < 4.78 is 6.46. The third-order valence-electron chi connectivity index (χ3n) is 6.43. The van der Waals surface area contributed by atoms with Gasteiger partial charge in [0.1, 0.15) is 5.75 Å². The van der Waals surface area contributed by atoms with Gasteiger partial charge in [0, 0.05) is 34.9 Å². The largest absolute Gasteiger partial charge is 0.497 e. The summed E-state index contributed by atoms with van der Waals surface area (Å²) in [6.07, 6.45) is 1.19. The predicted octanol–water partition coefficient (Wildman–Crippen LogP) is 5.55. The molecule has 2 aromatic carbocycles. The van der Waals surface area contributed by atoms with Crippen LogP contribution < -0.4 is 15.4 Å². The molecule has 2 aliphatic rings. The molecule has 0 saturated carbocycles. The summed E-state index contributed by atoms with van der Waals surface area (Å²) in [6, 6.07) is 15.4. The molecule has 1 amide bonds. The molecule has 0 fully saturated rings. The molecule has 5 rings (SSSR count). The van der Waals surface area contributed by atoms with E-state index in [1.54, 1.807) is 7.11 Å². The number of para-hydroxylation sites is 1. The number of amides is 1. The van der Waals surface area contributed by atoms with Crippen LogP contribution in [0, 0.1) is 5.41 Å². The summed E-state index contributed by atoms with van der Waals surface area (Å²) in [5, 5.41) is 6.93. The molecule has 3 aromatic rings. The number of dihydropyridines is 1. The Kier molecular flexibility index (Phi) is 5.52. The number of allylic oxidation sites excluding steroid dienone is 3. The Bertz CT molecular complexity index is 1350. The van der Waals surface area contributed by atoms with E-state index in [0.29, 0.717) is 28.4 Å². The van der Waals surface area contributed by atoms with E-state index in [0.717, 1.165) is 33.6 Å². The number of carbonyl (C=O) groups is 2. The number of thiazole rings is 1. The minimum Gasteiger partial charge on any atom is -0.497 e. The molecule has 1 atom stereocenters. The number of ketones is 1. The molecule has 2 heterocycles. The van der Waals surface area contributed by atoms with Crippen molar-refractivity contribution in [3.63, 3.8) is 0 Å². The Morgan fingerprint density at radius 2 is 1.97 bits per heavy atom. The number of ether oxygens (including phenoxy) is 1. The number of nitrogens with one attached hydrogen (secondary N) is 2. The van der Waals surface area contributed by atoms with Gasteiger partial charge in [0.2, 0.25) is 0 Å². The molecule has 0 radical (unpaired) electrons. The molecular weight excluding hydrogens is 446 g/mol. The van der Waals surface area contributed by atoms with Gasteiger partial charge in [-0.1, -0.05) is 49.4 Å². The lowest BCUT2D eigenvalue weighted by atomic mass is 9.68. The number of hydrogen-bond acceptors (Lipinski definition) is 6. The maximum absolute atomic E-state index is 13.7. The van der Waals surface area contributed by atoms with Crippen LogP contribution >= 0.6 is 11.3 Å². The average molecular weight is 474 g/mol. The molecule has 7 heteroatoms. The molecule has 1 aromatic heterocycles. The Labute approximate surface area is 202 Å². The van der Waals surface area contributed by atoms with Crippen molar-refractivity contribution in [3.8, 4) is 5.75 Å². The van der Waals surface area contributed by atoms with Gasteiger partial charge in [-0.2, -0.15) is 0 Å². The van der Waals surface area contributed by atoms with Crippen molar-refractivity contribution in [2.45, 2.75) is 39.5 Å². The molecule has 6 nitrogen and oxygen atoms in total. The zero-order chi connectivity index (χ0) is 24.0. The van der Waals surface area contributed by atoms with Gasteiger partial charge in [-0.25, -0.2) is 4.98 Å². The van der Waals surface area contributed by atoms with Crippen LogP contribution in [0.3, 0.4) is 0 Å². The first-order valence-corrected chi connectivity index (χ1v) is 12.1. The van der Waals surface area contributed by atoms with Gasteiger partial charge in [-0.3, -0.25) is 14.9 Å². The second-order valence-corrected chi connectivity index (χ2v) is 10.7. The predicted molar refractivity (Wildman–Crippen MR) is 135 cm³/mol. The first-order chi connectivity index (χ1) is 16.3. The molecule has 34 heavy (non-hydrogen) atoms. The van der Waals surface area contributed by atoms with Crippen LogP contribution in [0.4, 0.5) is 5.13 Å². The maximum Gasteiger partial charge on any atom is 0.256 e. The summed E-state index contributed by atoms with van der Waals surface area (Å²) in [6.45, 7) is 6.10. The van der Waals surface area contributed by atoms with E-state index in [9.17, 15) is 9.59 Å². The number of benzene rings is 2. The fourth-order valence-electron chi connectivity index (χ4n) is 4.98. The van der Waals surface area contributed by atoms with Crippen molar-refractivity contribution in [3.05, 3.63) is 76.6 Å². The normalized spacial score (nSPS) is 19.6. The average Bonchev–Trinajstić information content (AvgIpc) is 3.19. The number of hydrogen-bond donors (Lipinski definition) is 2. The number of nitrogens with zero attached hydrogens (tertiary/aromatic N) is 1. The van der Waals surface area contributed by atoms with E-state index < -0.39 is 5.92 Å².